The molecule has 7 nitrogen and oxygen atoms in total. The van der Waals surface area contributed by atoms with Crippen LogP contribution in [0.3, 0.4) is 0 Å². The molecule has 0 radical (unpaired) electrons. The van der Waals surface area contributed by atoms with Gasteiger partial charge in [-0.15, -0.1) is 0 Å². The van der Waals surface area contributed by atoms with Crippen molar-refractivity contribution in [1.29, 1.82) is 0 Å². The molecule has 0 saturated carbocycles. The van der Waals surface area contributed by atoms with Crippen molar-refractivity contribution in [3.63, 3.8) is 0 Å². The Hall–Kier alpha value is -3.11. The number of benzene rings is 1. The van der Waals surface area contributed by atoms with Crippen molar-refractivity contribution in [3.05, 3.63) is 59.2 Å². The molecule has 1 N–H and O–H groups in total. The minimum absolute atomic E-state index is 0.170. The summed E-state index contributed by atoms with van der Waals surface area (Å²) < 4.78 is 47.7. The Morgan fingerprint density at radius 1 is 1.06 bits per heavy atom. The Morgan fingerprint density at radius 3 is 2.47 bits per heavy atom. The highest BCUT2D eigenvalue weighted by Gasteiger charge is 2.41. The van der Waals surface area contributed by atoms with Gasteiger partial charge < -0.3 is 9.32 Å². The third kappa shape index (κ3) is 3.69. The number of piperazine rings is 1. The zero-order valence-electron chi connectivity index (χ0n) is 17.4. The Labute approximate surface area is 182 Å². The number of likely N-dealkylation sites (N-methyl/N-ethyl adjacent to an activating group) is 1. The average molecular weight is 445 g/mol. The number of halogens is 3. The Morgan fingerprint density at radius 2 is 1.78 bits per heavy atom. The lowest BCUT2D eigenvalue weighted by Crippen LogP contribution is -2.52. The van der Waals surface area contributed by atoms with E-state index in [-0.39, 0.29) is 17.9 Å². The summed E-state index contributed by atoms with van der Waals surface area (Å²) in [7, 11) is 2.03. The number of carbonyl (C=O) groups is 1. The Bertz CT molecular complexity index is 1140. The number of nitrogens with zero attached hydrogens (tertiary/aromatic N) is 4. The van der Waals surface area contributed by atoms with Crippen LogP contribution in [0.1, 0.15) is 27.4 Å². The van der Waals surface area contributed by atoms with Crippen molar-refractivity contribution in [2.75, 3.05) is 33.2 Å². The fraction of sp³-hybridized carbons (Fsp3) is 0.364. The fourth-order valence-corrected chi connectivity index (χ4v) is 4.24. The Balaban J connectivity index is 1.45. The van der Waals surface area contributed by atoms with Crippen molar-refractivity contribution in [3.8, 4) is 16.9 Å². The number of carbonyl (C=O) groups excluding carboxylic acids is 1. The second kappa shape index (κ2) is 7.79. The highest BCUT2D eigenvalue weighted by Crippen LogP contribution is 2.42. The predicted octanol–water partition coefficient (Wildman–Crippen LogP) is 3.14. The topological polar surface area (TPSA) is 66.5 Å². The third-order valence-electron chi connectivity index (χ3n) is 5.99. The van der Waals surface area contributed by atoms with Crippen molar-refractivity contribution < 1.29 is 22.4 Å². The van der Waals surface area contributed by atoms with Crippen LogP contribution in [0.25, 0.3) is 16.9 Å². The number of hydrogen-bond donors (Lipinski definition) is 1. The molecule has 1 aliphatic heterocycles. The molecule has 5 rings (SSSR count). The number of aromatic nitrogens is 2. The molecule has 10 heteroatoms. The fourth-order valence-electron chi connectivity index (χ4n) is 4.24. The van der Waals surface area contributed by atoms with Gasteiger partial charge in [0.15, 0.2) is 5.69 Å². The van der Waals surface area contributed by atoms with Gasteiger partial charge in [0.2, 0.25) is 0 Å². The molecule has 2 aromatic heterocycles. The molecule has 1 aromatic carbocycles. The summed E-state index contributed by atoms with van der Waals surface area (Å²) in [4.78, 5) is 14.8. The van der Waals surface area contributed by atoms with Gasteiger partial charge in [0.05, 0.1) is 17.6 Å². The van der Waals surface area contributed by atoms with Crippen molar-refractivity contribution in [2.24, 2.45) is 0 Å². The molecule has 1 fully saturated rings. The first-order chi connectivity index (χ1) is 15.3. The minimum atomic E-state index is -4.56. The maximum Gasteiger partial charge on any atom is 0.435 e. The highest BCUT2D eigenvalue weighted by atomic mass is 19.4. The lowest BCUT2D eigenvalue weighted by molar-refractivity contribution is -0.142. The summed E-state index contributed by atoms with van der Waals surface area (Å²) in [5.74, 6) is 0.396. The molecule has 32 heavy (non-hydrogen) atoms. The third-order valence-corrected chi connectivity index (χ3v) is 5.99. The molecule has 1 saturated heterocycles. The number of amides is 1. The van der Waals surface area contributed by atoms with E-state index in [4.69, 9.17) is 4.42 Å². The van der Waals surface area contributed by atoms with Crippen molar-refractivity contribution >= 4 is 5.91 Å². The largest absolute Gasteiger partial charge is 0.469 e. The molecule has 1 aliphatic carbocycles. The summed E-state index contributed by atoms with van der Waals surface area (Å²) in [6.45, 7) is 3.18. The molecular weight excluding hydrogens is 423 g/mol. The predicted molar refractivity (Wildman–Crippen MR) is 110 cm³/mol. The minimum Gasteiger partial charge on any atom is -0.469 e. The first-order valence-electron chi connectivity index (χ1n) is 10.4. The molecule has 1 amide bonds. The number of alkyl halides is 3. The second-order valence-corrected chi connectivity index (χ2v) is 8.12. The smallest absolute Gasteiger partial charge is 0.435 e. The zero-order valence-corrected chi connectivity index (χ0v) is 17.4. The SMILES string of the molecule is CN1CCN(NC(=O)c2ccc(-n3nc(C(F)(F)F)c4c3-c3ccoc3CC4)cc2)CC1. The van der Waals surface area contributed by atoms with E-state index in [1.165, 1.54) is 10.9 Å². The van der Waals surface area contributed by atoms with E-state index >= 15 is 0 Å². The normalized spacial score (nSPS) is 17.1. The number of fused-ring (bicyclic) bond motifs is 3. The lowest BCUT2D eigenvalue weighted by atomic mass is 9.94. The summed E-state index contributed by atoms with van der Waals surface area (Å²) in [5, 5.41) is 5.79. The van der Waals surface area contributed by atoms with Gasteiger partial charge in [-0.2, -0.15) is 18.3 Å². The highest BCUT2D eigenvalue weighted by molar-refractivity contribution is 5.94. The summed E-state index contributed by atoms with van der Waals surface area (Å²) in [5.41, 5.74) is 4.05. The van der Waals surface area contributed by atoms with E-state index in [1.54, 1.807) is 30.3 Å². The first-order valence-corrected chi connectivity index (χ1v) is 10.4. The standard InChI is InChI=1S/C22H22F3N5O2/c1-28-9-11-29(12-10-28)27-21(31)14-2-4-15(5-3-14)30-19-16-8-13-32-18(16)7-6-17(19)20(26-30)22(23,24)25/h2-5,8,13H,6-7,9-12H2,1H3,(H,27,31). The number of hydrazine groups is 1. The van der Waals surface area contributed by atoms with Gasteiger partial charge in [0, 0.05) is 49.3 Å². The zero-order chi connectivity index (χ0) is 22.5. The van der Waals surface area contributed by atoms with E-state index in [9.17, 15) is 18.0 Å². The number of aryl methyl sites for hydroxylation is 1. The number of nitrogens with one attached hydrogen (secondary N) is 1. The van der Waals surface area contributed by atoms with E-state index in [2.05, 4.69) is 15.4 Å². The van der Waals surface area contributed by atoms with Crippen LogP contribution in [0.2, 0.25) is 0 Å². The number of hydrogen-bond acceptors (Lipinski definition) is 5. The molecule has 2 aliphatic rings. The van der Waals surface area contributed by atoms with Crippen LogP contribution in [0.4, 0.5) is 13.2 Å². The number of furan rings is 1. The van der Waals surface area contributed by atoms with E-state index in [0.29, 0.717) is 34.7 Å². The molecule has 0 unspecified atom stereocenters. The van der Waals surface area contributed by atoms with Crippen LogP contribution in [0.5, 0.6) is 0 Å². The molecular formula is C22H22F3N5O2. The molecule has 3 heterocycles. The molecule has 0 bridgehead atoms. The van der Waals surface area contributed by atoms with Gasteiger partial charge in [-0.3, -0.25) is 10.2 Å². The van der Waals surface area contributed by atoms with Gasteiger partial charge in [0.1, 0.15) is 5.76 Å². The van der Waals surface area contributed by atoms with Crippen LogP contribution < -0.4 is 5.43 Å². The van der Waals surface area contributed by atoms with Gasteiger partial charge >= 0.3 is 6.18 Å². The second-order valence-electron chi connectivity index (χ2n) is 8.12. The van der Waals surface area contributed by atoms with Crippen LogP contribution in [0.15, 0.2) is 41.0 Å². The number of rotatable bonds is 3. The van der Waals surface area contributed by atoms with Gasteiger partial charge in [-0.05, 0) is 43.8 Å². The molecule has 3 aromatic rings. The van der Waals surface area contributed by atoms with E-state index in [0.717, 1.165) is 26.2 Å². The summed E-state index contributed by atoms with van der Waals surface area (Å²) >= 11 is 0. The van der Waals surface area contributed by atoms with Crippen LogP contribution in [0, 0.1) is 0 Å². The van der Waals surface area contributed by atoms with Gasteiger partial charge in [-0.1, -0.05) is 0 Å². The van der Waals surface area contributed by atoms with Crippen LogP contribution >= 0.6 is 0 Å². The van der Waals surface area contributed by atoms with Crippen molar-refractivity contribution in [2.45, 2.75) is 19.0 Å². The molecule has 0 atom stereocenters. The summed E-state index contributed by atoms with van der Waals surface area (Å²) in [6, 6.07) is 8.09. The van der Waals surface area contributed by atoms with Crippen LogP contribution in [-0.2, 0) is 19.0 Å². The lowest BCUT2D eigenvalue weighted by Gasteiger charge is -2.32. The summed E-state index contributed by atoms with van der Waals surface area (Å²) in [6.07, 6.45) is -2.47. The monoisotopic (exact) mass is 445 g/mol. The van der Waals surface area contributed by atoms with Gasteiger partial charge in [-0.25, -0.2) is 9.69 Å². The van der Waals surface area contributed by atoms with Crippen molar-refractivity contribution in [1.82, 2.24) is 25.1 Å². The maximum absolute atomic E-state index is 13.7. The molecule has 168 valence electrons. The van der Waals surface area contributed by atoms with Gasteiger partial charge in [0.25, 0.3) is 5.91 Å². The molecule has 0 spiro atoms. The first kappa shape index (κ1) is 20.8. The van der Waals surface area contributed by atoms with Crippen LogP contribution in [-0.4, -0.2) is 58.8 Å². The van der Waals surface area contributed by atoms with E-state index in [1.807, 2.05) is 12.1 Å². The maximum atomic E-state index is 13.7. The van der Waals surface area contributed by atoms with E-state index < -0.39 is 11.9 Å². The average Bonchev–Trinajstić information content (AvgIpc) is 3.39. The quantitative estimate of drug-likeness (QED) is 0.671. The Kier molecular flexibility index (Phi) is 5.06.